The molecule has 0 radical (unpaired) electrons. The molecule has 108 valence electrons. The normalized spacial score (nSPS) is 26.7. The van der Waals surface area contributed by atoms with Crippen molar-refractivity contribution in [1.29, 1.82) is 0 Å². The van der Waals surface area contributed by atoms with Crippen LogP contribution in [0.25, 0.3) is 0 Å². The molecule has 1 aromatic rings. The summed E-state index contributed by atoms with van der Waals surface area (Å²) in [7, 11) is -1.01. The molecule has 2 N–H and O–H groups in total. The third-order valence-corrected chi connectivity index (χ3v) is 6.81. The lowest BCUT2D eigenvalue weighted by Gasteiger charge is -2.43. The number of rotatable bonds is 4. The standard InChI is InChI=1S/C12H21N3O2S2/c1-10-11(18-9-14-10)6-15(2)12(7-13)4-3-5-19(16,17)8-12/h9H,3-8,13H2,1-2H3. The molecular formula is C12H21N3O2S2. The number of likely N-dealkylation sites (N-methyl/N-ethyl adjacent to an activating group) is 1. The number of thiazole rings is 1. The highest BCUT2D eigenvalue weighted by Crippen LogP contribution is 2.29. The van der Waals surface area contributed by atoms with E-state index in [1.807, 2.05) is 19.5 Å². The maximum absolute atomic E-state index is 11.9. The lowest BCUT2D eigenvalue weighted by atomic mass is 9.93. The summed E-state index contributed by atoms with van der Waals surface area (Å²) in [5.41, 5.74) is 8.33. The van der Waals surface area contributed by atoms with Gasteiger partial charge in [0.2, 0.25) is 0 Å². The zero-order valence-electron chi connectivity index (χ0n) is 11.4. The Balaban J connectivity index is 2.19. The zero-order valence-corrected chi connectivity index (χ0v) is 13.1. The van der Waals surface area contributed by atoms with Crippen LogP contribution in [-0.2, 0) is 16.4 Å². The van der Waals surface area contributed by atoms with Gasteiger partial charge in [-0.3, -0.25) is 4.90 Å². The molecule has 1 atom stereocenters. The summed E-state index contributed by atoms with van der Waals surface area (Å²) in [6, 6.07) is 0. The van der Waals surface area contributed by atoms with Crippen LogP contribution in [0.1, 0.15) is 23.4 Å². The molecule has 5 nitrogen and oxygen atoms in total. The van der Waals surface area contributed by atoms with Crippen molar-refractivity contribution in [3.05, 3.63) is 16.1 Å². The Morgan fingerprint density at radius 1 is 1.58 bits per heavy atom. The van der Waals surface area contributed by atoms with Crippen LogP contribution in [0.4, 0.5) is 0 Å². The Kier molecular flexibility index (Phi) is 4.29. The summed E-state index contributed by atoms with van der Waals surface area (Å²) in [5, 5.41) is 0. The van der Waals surface area contributed by atoms with Crippen LogP contribution < -0.4 is 5.73 Å². The van der Waals surface area contributed by atoms with E-state index in [1.165, 1.54) is 4.88 Å². The second kappa shape index (κ2) is 5.47. The van der Waals surface area contributed by atoms with Gasteiger partial charge < -0.3 is 5.73 Å². The molecule has 7 heteroatoms. The monoisotopic (exact) mass is 303 g/mol. The Morgan fingerprint density at radius 2 is 2.32 bits per heavy atom. The van der Waals surface area contributed by atoms with Gasteiger partial charge in [0.05, 0.1) is 22.7 Å². The van der Waals surface area contributed by atoms with Crippen LogP contribution in [-0.4, -0.2) is 48.9 Å². The van der Waals surface area contributed by atoms with Gasteiger partial charge in [0.1, 0.15) is 0 Å². The molecule has 1 aliphatic rings. The number of sulfone groups is 1. The largest absolute Gasteiger partial charge is 0.329 e. The third-order valence-electron chi connectivity index (χ3n) is 4.00. The van der Waals surface area contributed by atoms with E-state index in [2.05, 4.69) is 9.88 Å². The van der Waals surface area contributed by atoms with Crippen molar-refractivity contribution in [2.24, 2.45) is 5.73 Å². The highest BCUT2D eigenvalue weighted by atomic mass is 32.2. The van der Waals surface area contributed by atoms with Crippen molar-refractivity contribution >= 4 is 21.2 Å². The van der Waals surface area contributed by atoms with Crippen LogP contribution in [0.3, 0.4) is 0 Å². The lowest BCUT2D eigenvalue weighted by molar-refractivity contribution is 0.125. The first kappa shape index (κ1) is 14.9. The molecule has 0 aliphatic carbocycles. The van der Waals surface area contributed by atoms with Crippen LogP contribution >= 0.6 is 11.3 Å². The molecule has 0 aromatic carbocycles. The van der Waals surface area contributed by atoms with Crippen molar-refractivity contribution in [3.63, 3.8) is 0 Å². The van der Waals surface area contributed by atoms with Crippen LogP contribution in [0.15, 0.2) is 5.51 Å². The van der Waals surface area contributed by atoms with E-state index in [1.54, 1.807) is 11.3 Å². The van der Waals surface area contributed by atoms with Gasteiger partial charge in [-0.2, -0.15) is 0 Å². The van der Waals surface area contributed by atoms with Gasteiger partial charge in [-0.25, -0.2) is 13.4 Å². The Hall–Kier alpha value is -0.500. The zero-order chi connectivity index (χ0) is 14.1. The molecule has 19 heavy (non-hydrogen) atoms. The lowest BCUT2D eigenvalue weighted by Crippen LogP contribution is -2.58. The van der Waals surface area contributed by atoms with Gasteiger partial charge >= 0.3 is 0 Å². The maximum Gasteiger partial charge on any atom is 0.152 e. The summed E-state index contributed by atoms with van der Waals surface area (Å²) >= 11 is 1.61. The Morgan fingerprint density at radius 3 is 2.84 bits per heavy atom. The molecule has 0 amide bonds. The highest BCUT2D eigenvalue weighted by molar-refractivity contribution is 7.91. The Bertz CT molecular complexity index is 541. The smallest absolute Gasteiger partial charge is 0.152 e. The maximum atomic E-state index is 11.9. The van der Waals surface area contributed by atoms with Crippen molar-refractivity contribution < 1.29 is 8.42 Å². The third kappa shape index (κ3) is 3.16. The van der Waals surface area contributed by atoms with Gasteiger partial charge in [-0.15, -0.1) is 11.3 Å². The molecule has 2 rings (SSSR count). The number of nitrogens with zero attached hydrogens (tertiary/aromatic N) is 2. The molecule has 1 aliphatic heterocycles. The van der Waals surface area contributed by atoms with Gasteiger partial charge in [0, 0.05) is 23.5 Å². The fraction of sp³-hybridized carbons (Fsp3) is 0.750. The number of aryl methyl sites for hydroxylation is 1. The molecule has 0 spiro atoms. The topological polar surface area (TPSA) is 76.3 Å². The predicted molar refractivity (Wildman–Crippen MR) is 78.0 cm³/mol. The average molecular weight is 303 g/mol. The number of hydrogen-bond donors (Lipinski definition) is 1. The molecule has 0 bridgehead atoms. The molecular weight excluding hydrogens is 282 g/mol. The summed E-state index contributed by atoms with van der Waals surface area (Å²) < 4.78 is 23.8. The number of hydrogen-bond acceptors (Lipinski definition) is 6. The van der Waals surface area contributed by atoms with Gasteiger partial charge in [0.25, 0.3) is 0 Å². The fourth-order valence-corrected chi connectivity index (χ4v) is 5.51. The van der Waals surface area contributed by atoms with Gasteiger partial charge in [-0.05, 0) is 26.8 Å². The highest BCUT2D eigenvalue weighted by Gasteiger charge is 2.41. The van der Waals surface area contributed by atoms with E-state index in [4.69, 9.17) is 5.73 Å². The SMILES string of the molecule is Cc1ncsc1CN(C)C1(CN)CCCS(=O)(=O)C1. The molecule has 1 fully saturated rings. The predicted octanol–water partition coefficient (Wildman–Crippen LogP) is 0.789. The van der Waals surface area contributed by atoms with Gasteiger partial charge in [-0.1, -0.05) is 0 Å². The van der Waals surface area contributed by atoms with Crippen molar-refractivity contribution in [2.45, 2.75) is 31.8 Å². The first-order chi connectivity index (χ1) is 8.88. The molecule has 1 unspecified atom stereocenters. The fourth-order valence-electron chi connectivity index (χ4n) is 2.65. The van der Waals surface area contributed by atoms with Crippen LogP contribution in [0.2, 0.25) is 0 Å². The van der Waals surface area contributed by atoms with E-state index in [0.717, 1.165) is 12.1 Å². The minimum Gasteiger partial charge on any atom is -0.329 e. The van der Waals surface area contributed by atoms with Crippen molar-refractivity contribution in [2.75, 3.05) is 25.1 Å². The van der Waals surface area contributed by atoms with Gasteiger partial charge in [0.15, 0.2) is 9.84 Å². The van der Waals surface area contributed by atoms with Crippen LogP contribution in [0, 0.1) is 6.92 Å². The first-order valence-corrected chi connectivity index (χ1v) is 9.09. The second-order valence-corrected chi connectivity index (χ2v) is 8.46. The summed E-state index contributed by atoms with van der Waals surface area (Å²) in [6.45, 7) is 3.07. The molecule has 0 saturated carbocycles. The first-order valence-electron chi connectivity index (χ1n) is 6.39. The Labute approximate surface area is 118 Å². The van der Waals surface area contributed by atoms with Crippen LogP contribution in [0.5, 0.6) is 0 Å². The number of nitrogens with two attached hydrogens (primary N) is 1. The van der Waals surface area contributed by atoms with E-state index in [-0.39, 0.29) is 5.75 Å². The number of aromatic nitrogens is 1. The van der Waals surface area contributed by atoms with E-state index in [9.17, 15) is 8.42 Å². The quantitative estimate of drug-likeness (QED) is 0.890. The van der Waals surface area contributed by atoms with Crippen molar-refractivity contribution in [1.82, 2.24) is 9.88 Å². The minimum absolute atomic E-state index is 0.171. The second-order valence-electron chi connectivity index (χ2n) is 5.34. The molecule has 2 heterocycles. The van der Waals surface area contributed by atoms with E-state index in [0.29, 0.717) is 25.3 Å². The van der Waals surface area contributed by atoms with E-state index >= 15 is 0 Å². The average Bonchev–Trinajstić information content (AvgIpc) is 2.73. The molecule has 1 aromatic heterocycles. The summed E-state index contributed by atoms with van der Waals surface area (Å²) in [6.07, 6.45) is 1.54. The summed E-state index contributed by atoms with van der Waals surface area (Å²) in [4.78, 5) is 7.51. The summed E-state index contributed by atoms with van der Waals surface area (Å²) in [5.74, 6) is 0.465. The van der Waals surface area contributed by atoms with E-state index < -0.39 is 15.4 Å². The van der Waals surface area contributed by atoms with Crippen molar-refractivity contribution in [3.8, 4) is 0 Å². The molecule has 1 saturated heterocycles. The minimum atomic E-state index is -2.97.